The highest BCUT2D eigenvalue weighted by atomic mass is 16.5. The molecule has 6 heteroatoms. The highest BCUT2D eigenvalue weighted by Gasteiger charge is 2.34. The summed E-state index contributed by atoms with van der Waals surface area (Å²) >= 11 is 0. The van der Waals surface area contributed by atoms with Gasteiger partial charge in [0, 0.05) is 59.2 Å². The molecule has 0 aliphatic carbocycles. The molecule has 7 rings (SSSR count). The highest BCUT2D eigenvalue weighted by molar-refractivity contribution is 5.80. The van der Waals surface area contributed by atoms with Crippen molar-refractivity contribution in [3.63, 3.8) is 0 Å². The van der Waals surface area contributed by atoms with E-state index in [1.165, 1.54) is 25.7 Å². The third-order valence-corrected chi connectivity index (χ3v) is 10.8. The van der Waals surface area contributed by atoms with E-state index in [9.17, 15) is 0 Å². The zero-order chi connectivity index (χ0) is 37.7. The van der Waals surface area contributed by atoms with Crippen LogP contribution in [0.3, 0.4) is 0 Å². The van der Waals surface area contributed by atoms with Crippen LogP contribution in [0.1, 0.15) is 39.0 Å². The molecular weight excluding hydrogens is 677 g/mol. The first kappa shape index (κ1) is 37.7. The molecule has 0 radical (unpaired) electrons. The van der Waals surface area contributed by atoms with Gasteiger partial charge < -0.3 is 29.9 Å². The molecule has 0 unspecified atom stereocenters. The Labute approximate surface area is 327 Å². The molecule has 1 aliphatic heterocycles. The van der Waals surface area contributed by atoms with Gasteiger partial charge >= 0.3 is 0 Å². The Morgan fingerprint density at radius 2 is 0.964 bits per heavy atom. The maximum atomic E-state index is 6.16. The van der Waals surface area contributed by atoms with E-state index in [1.807, 2.05) is 18.2 Å². The Morgan fingerprint density at radius 1 is 0.527 bits per heavy atom. The minimum absolute atomic E-state index is 0.493. The summed E-state index contributed by atoms with van der Waals surface area (Å²) in [4.78, 5) is 4.55. The standard InChI is InChI=1S/C49H54N4O2/c1-3-49(37-51-38-49)36-50-34-12-4-5-13-35-55-48-32-28-46(29-33-48)53(42-16-10-7-11-17-42)44-24-20-40(21-25-44)39-18-22-43(23-19-39)52(41-14-8-6-9-15-41)45-26-30-47(54-2)31-27-45/h6-11,14-33,50-51H,3-5,12-13,34-38H2,1-2H3. The molecule has 282 valence electrons. The Bertz CT molecular complexity index is 2010. The Hall–Kier alpha value is -5.56. The van der Waals surface area contributed by atoms with Gasteiger partial charge in [0.25, 0.3) is 0 Å². The van der Waals surface area contributed by atoms with E-state index in [1.54, 1.807) is 7.11 Å². The minimum atomic E-state index is 0.493. The molecule has 55 heavy (non-hydrogen) atoms. The van der Waals surface area contributed by atoms with E-state index >= 15 is 0 Å². The largest absolute Gasteiger partial charge is 0.497 e. The topological polar surface area (TPSA) is 49.0 Å². The molecule has 0 aromatic heterocycles. The molecule has 6 aromatic carbocycles. The first-order valence-electron chi connectivity index (χ1n) is 19.8. The predicted octanol–water partition coefficient (Wildman–Crippen LogP) is 11.8. The highest BCUT2D eigenvalue weighted by Crippen LogP contribution is 2.38. The van der Waals surface area contributed by atoms with Gasteiger partial charge in [-0.2, -0.15) is 0 Å². The maximum absolute atomic E-state index is 6.16. The van der Waals surface area contributed by atoms with Crippen molar-refractivity contribution in [2.45, 2.75) is 39.0 Å². The molecule has 1 saturated heterocycles. The number of nitrogens with zero attached hydrogens (tertiary/aromatic N) is 2. The quantitative estimate of drug-likeness (QED) is 0.0809. The molecule has 1 aliphatic rings. The van der Waals surface area contributed by atoms with Crippen LogP contribution < -0.4 is 29.9 Å². The number of methoxy groups -OCH3 is 1. The van der Waals surface area contributed by atoms with E-state index in [0.717, 1.165) is 96.0 Å². The third-order valence-electron chi connectivity index (χ3n) is 10.8. The van der Waals surface area contributed by atoms with Crippen LogP contribution >= 0.6 is 0 Å². The average Bonchev–Trinajstić information content (AvgIpc) is 3.23. The van der Waals surface area contributed by atoms with Crippen molar-refractivity contribution >= 4 is 34.1 Å². The molecule has 0 atom stereocenters. The van der Waals surface area contributed by atoms with Crippen molar-refractivity contribution in [1.82, 2.24) is 10.6 Å². The van der Waals surface area contributed by atoms with E-state index in [0.29, 0.717) is 5.41 Å². The Balaban J connectivity index is 0.976. The normalized spacial score (nSPS) is 13.1. The second kappa shape index (κ2) is 18.7. The number of unbranched alkanes of at least 4 members (excludes halogenated alkanes) is 3. The molecule has 6 aromatic rings. The molecule has 1 heterocycles. The van der Waals surface area contributed by atoms with Crippen LogP contribution in [-0.2, 0) is 0 Å². The van der Waals surface area contributed by atoms with Gasteiger partial charge in [-0.3, -0.25) is 0 Å². The fourth-order valence-corrected chi connectivity index (χ4v) is 7.30. The van der Waals surface area contributed by atoms with Gasteiger partial charge in [0.1, 0.15) is 11.5 Å². The van der Waals surface area contributed by atoms with E-state index in [-0.39, 0.29) is 0 Å². The summed E-state index contributed by atoms with van der Waals surface area (Å²) < 4.78 is 11.6. The summed E-state index contributed by atoms with van der Waals surface area (Å²) in [5, 5.41) is 7.11. The van der Waals surface area contributed by atoms with E-state index < -0.39 is 0 Å². The summed E-state index contributed by atoms with van der Waals surface area (Å²) in [7, 11) is 1.69. The maximum Gasteiger partial charge on any atom is 0.119 e. The number of nitrogens with one attached hydrogen (secondary N) is 2. The van der Waals surface area contributed by atoms with Crippen LogP contribution in [-0.4, -0.2) is 39.9 Å². The van der Waals surface area contributed by atoms with Crippen LogP contribution in [0.5, 0.6) is 11.5 Å². The number of rotatable bonds is 19. The van der Waals surface area contributed by atoms with Crippen LogP contribution in [0, 0.1) is 5.41 Å². The molecule has 6 nitrogen and oxygen atoms in total. The van der Waals surface area contributed by atoms with Crippen LogP contribution in [0.25, 0.3) is 11.1 Å². The Morgan fingerprint density at radius 3 is 1.40 bits per heavy atom. The fraction of sp³-hybridized carbons (Fsp3) is 0.265. The van der Waals surface area contributed by atoms with Crippen LogP contribution in [0.15, 0.2) is 158 Å². The monoisotopic (exact) mass is 730 g/mol. The predicted molar refractivity (Wildman–Crippen MR) is 230 cm³/mol. The van der Waals surface area contributed by atoms with Gasteiger partial charge in [-0.15, -0.1) is 0 Å². The first-order valence-corrected chi connectivity index (χ1v) is 19.8. The summed E-state index contributed by atoms with van der Waals surface area (Å²) in [6.45, 7) is 7.61. The molecule has 1 fully saturated rings. The number of ether oxygens (including phenoxy) is 2. The van der Waals surface area contributed by atoms with Crippen molar-refractivity contribution in [1.29, 1.82) is 0 Å². The fourth-order valence-electron chi connectivity index (χ4n) is 7.30. The molecular formula is C49H54N4O2. The van der Waals surface area contributed by atoms with Crippen molar-refractivity contribution in [2.75, 3.05) is 49.7 Å². The molecule has 2 N–H and O–H groups in total. The van der Waals surface area contributed by atoms with Crippen molar-refractivity contribution in [3.8, 4) is 22.6 Å². The van der Waals surface area contributed by atoms with Gasteiger partial charge in [-0.1, -0.05) is 80.4 Å². The molecule has 0 bridgehead atoms. The third kappa shape index (κ3) is 9.58. The van der Waals surface area contributed by atoms with E-state index in [4.69, 9.17) is 9.47 Å². The number of para-hydroxylation sites is 2. The van der Waals surface area contributed by atoms with Gasteiger partial charge in [-0.05, 0) is 134 Å². The molecule has 0 spiro atoms. The van der Waals surface area contributed by atoms with Gasteiger partial charge in [0.05, 0.1) is 13.7 Å². The second-order valence-electron chi connectivity index (χ2n) is 14.5. The number of hydrogen-bond acceptors (Lipinski definition) is 6. The lowest BCUT2D eigenvalue weighted by Crippen LogP contribution is -2.57. The van der Waals surface area contributed by atoms with Crippen molar-refractivity contribution in [3.05, 3.63) is 158 Å². The second-order valence-corrected chi connectivity index (χ2v) is 14.5. The Kier molecular flexibility index (Phi) is 12.8. The molecule has 0 amide bonds. The lowest BCUT2D eigenvalue weighted by molar-refractivity contribution is 0.156. The summed E-state index contributed by atoms with van der Waals surface area (Å²) in [6, 6.07) is 55.3. The first-order chi connectivity index (χ1) is 27.1. The number of anilines is 6. The van der Waals surface area contributed by atoms with Crippen LogP contribution in [0.4, 0.5) is 34.1 Å². The average molecular weight is 731 g/mol. The van der Waals surface area contributed by atoms with Crippen LogP contribution in [0.2, 0.25) is 0 Å². The van der Waals surface area contributed by atoms with Crippen molar-refractivity contribution in [2.24, 2.45) is 5.41 Å². The van der Waals surface area contributed by atoms with Crippen molar-refractivity contribution < 1.29 is 9.47 Å². The zero-order valence-electron chi connectivity index (χ0n) is 32.3. The lowest BCUT2D eigenvalue weighted by Gasteiger charge is -2.42. The minimum Gasteiger partial charge on any atom is -0.497 e. The SMILES string of the molecule is CCC1(CNCCCCCCOc2ccc(N(c3ccccc3)c3ccc(-c4ccc(N(c5ccccc5)c5ccc(OC)cc5)cc4)cc3)cc2)CNC1. The number of hydrogen-bond donors (Lipinski definition) is 2. The van der Waals surface area contributed by atoms with Gasteiger partial charge in [0.2, 0.25) is 0 Å². The summed E-state index contributed by atoms with van der Waals surface area (Å²) in [5.41, 5.74) is 9.37. The zero-order valence-corrected chi connectivity index (χ0v) is 32.3. The summed E-state index contributed by atoms with van der Waals surface area (Å²) in [5.74, 6) is 1.75. The summed E-state index contributed by atoms with van der Waals surface area (Å²) in [6.07, 6.45) is 5.98. The van der Waals surface area contributed by atoms with Gasteiger partial charge in [0.15, 0.2) is 0 Å². The number of benzene rings is 6. The molecule has 0 saturated carbocycles. The van der Waals surface area contributed by atoms with Gasteiger partial charge in [-0.25, -0.2) is 0 Å². The smallest absolute Gasteiger partial charge is 0.119 e. The van der Waals surface area contributed by atoms with E-state index in [2.05, 4.69) is 167 Å². The lowest BCUT2D eigenvalue weighted by atomic mass is 9.79.